The highest BCUT2D eigenvalue weighted by Gasteiger charge is 2.30. The SMILES string of the molecule is CC[C@H](C(=O)NC(C)(C)C)N(Cc1ccc(Cl)c(Cl)c1)C(=O)CSCc1ccc(C)cc1. The third-order valence-corrected chi connectivity index (χ3v) is 6.56. The number of aryl methyl sites for hydroxylation is 1. The molecule has 2 aromatic rings. The minimum Gasteiger partial charge on any atom is -0.350 e. The van der Waals surface area contributed by atoms with Crippen LogP contribution in [-0.4, -0.2) is 34.0 Å². The molecular formula is C25H32Cl2N2O2S. The number of hydrogen-bond acceptors (Lipinski definition) is 3. The second-order valence-electron chi connectivity index (χ2n) is 8.91. The Labute approximate surface area is 206 Å². The highest BCUT2D eigenvalue weighted by molar-refractivity contribution is 7.99. The van der Waals surface area contributed by atoms with Gasteiger partial charge in [0.1, 0.15) is 6.04 Å². The highest BCUT2D eigenvalue weighted by atomic mass is 35.5. The topological polar surface area (TPSA) is 49.4 Å². The standard InChI is InChI=1S/C25H32Cl2N2O2S/c1-6-22(24(31)28-25(3,4)5)29(14-19-11-12-20(26)21(27)13-19)23(30)16-32-15-18-9-7-17(2)8-10-18/h7-13,22H,6,14-16H2,1-5H3,(H,28,31)/t22-/m1/s1. The Morgan fingerprint density at radius 3 is 2.22 bits per heavy atom. The van der Waals surface area contributed by atoms with Crippen LogP contribution in [0.3, 0.4) is 0 Å². The van der Waals surface area contributed by atoms with E-state index < -0.39 is 6.04 Å². The first-order valence-corrected chi connectivity index (χ1v) is 12.6. The van der Waals surface area contributed by atoms with E-state index >= 15 is 0 Å². The molecule has 0 aliphatic rings. The molecule has 0 fully saturated rings. The molecule has 0 saturated carbocycles. The normalized spacial score (nSPS) is 12.3. The summed E-state index contributed by atoms with van der Waals surface area (Å²) in [6.07, 6.45) is 0.512. The van der Waals surface area contributed by atoms with E-state index in [4.69, 9.17) is 23.2 Å². The van der Waals surface area contributed by atoms with E-state index in [1.807, 2.05) is 33.8 Å². The molecule has 0 saturated heterocycles. The zero-order valence-electron chi connectivity index (χ0n) is 19.4. The number of halogens is 2. The van der Waals surface area contributed by atoms with Crippen LogP contribution < -0.4 is 5.32 Å². The smallest absolute Gasteiger partial charge is 0.243 e. The zero-order chi connectivity index (χ0) is 23.9. The zero-order valence-corrected chi connectivity index (χ0v) is 21.7. The molecule has 7 heteroatoms. The van der Waals surface area contributed by atoms with Crippen LogP contribution in [0.15, 0.2) is 42.5 Å². The van der Waals surface area contributed by atoms with Crippen LogP contribution in [0.4, 0.5) is 0 Å². The van der Waals surface area contributed by atoms with Crippen molar-refractivity contribution in [1.82, 2.24) is 10.2 Å². The second kappa shape index (κ2) is 12.0. The number of amides is 2. The lowest BCUT2D eigenvalue weighted by molar-refractivity contribution is -0.140. The molecule has 2 aromatic carbocycles. The van der Waals surface area contributed by atoms with Gasteiger partial charge in [-0.25, -0.2) is 0 Å². The Morgan fingerprint density at radius 1 is 1.03 bits per heavy atom. The first-order valence-electron chi connectivity index (χ1n) is 10.7. The molecule has 174 valence electrons. The van der Waals surface area contributed by atoms with E-state index in [2.05, 4.69) is 36.5 Å². The number of thioether (sulfide) groups is 1. The lowest BCUT2D eigenvalue weighted by atomic mass is 10.1. The molecule has 2 amide bonds. The molecule has 0 spiro atoms. The fourth-order valence-corrected chi connectivity index (χ4v) is 4.42. The number of rotatable bonds is 9. The molecule has 32 heavy (non-hydrogen) atoms. The molecule has 0 unspecified atom stereocenters. The highest BCUT2D eigenvalue weighted by Crippen LogP contribution is 2.25. The average Bonchev–Trinajstić information content (AvgIpc) is 2.70. The van der Waals surface area contributed by atoms with Gasteiger partial charge in [-0.3, -0.25) is 9.59 Å². The van der Waals surface area contributed by atoms with Gasteiger partial charge in [-0.15, -0.1) is 11.8 Å². The summed E-state index contributed by atoms with van der Waals surface area (Å²) in [6, 6.07) is 13.0. The lowest BCUT2D eigenvalue weighted by Crippen LogP contribution is -2.53. The third-order valence-electron chi connectivity index (χ3n) is 4.84. The first kappa shape index (κ1) is 26.6. The number of carbonyl (C=O) groups is 2. The predicted octanol–water partition coefficient (Wildman–Crippen LogP) is 6.26. The van der Waals surface area contributed by atoms with Gasteiger partial charge in [0, 0.05) is 17.8 Å². The number of hydrogen-bond donors (Lipinski definition) is 1. The van der Waals surface area contributed by atoms with Gasteiger partial charge in [0.05, 0.1) is 15.8 Å². The van der Waals surface area contributed by atoms with Crippen molar-refractivity contribution in [3.05, 3.63) is 69.2 Å². The van der Waals surface area contributed by atoms with Crippen LogP contribution in [0.1, 0.15) is 50.8 Å². The summed E-state index contributed by atoms with van der Waals surface area (Å²) in [5.41, 5.74) is 2.82. The summed E-state index contributed by atoms with van der Waals surface area (Å²) in [6.45, 7) is 10.0. The van der Waals surface area contributed by atoms with Gasteiger partial charge in [0.15, 0.2) is 0 Å². The van der Waals surface area contributed by atoms with Gasteiger partial charge >= 0.3 is 0 Å². The Bertz CT molecular complexity index is 927. The van der Waals surface area contributed by atoms with E-state index in [0.29, 0.717) is 16.5 Å². The minimum absolute atomic E-state index is 0.0795. The fraction of sp³-hybridized carbons (Fsp3) is 0.440. The Hall–Kier alpha value is -1.69. The molecule has 0 heterocycles. The van der Waals surface area contributed by atoms with Crippen LogP contribution in [-0.2, 0) is 21.9 Å². The fourth-order valence-electron chi connectivity index (χ4n) is 3.23. The summed E-state index contributed by atoms with van der Waals surface area (Å²) in [5.74, 6) is 0.785. The van der Waals surface area contributed by atoms with Crippen molar-refractivity contribution >= 4 is 46.8 Å². The number of benzene rings is 2. The molecule has 0 radical (unpaired) electrons. The molecule has 0 aromatic heterocycles. The average molecular weight is 496 g/mol. The monoisotopic (exact) mass is 494 g/mol. The minimum atomic E-state index is -0.573. The van der Waals surface area contributed by atoms with Crippen molar-refractivity contribution < 1.29 is 9.59 Å². The largest absolute Gasteiger partial charge is 0.350 e. The third kappa shape index (κ3) is 8.34. The van der Waals surface area contributed by atoms with Crippen molar-refractivity contribution in [1.29, 1.82) is 0 Å². The summed E-state index contributed by atoms with van der Waals surface area (Å²) >= 11 is 13.8. The summed E-state index contributed by atoms with van der Waals surface area (Å²) in [4.78, 5) is 28.0. The Balaban J connectivity index is 2.18. The van der Waals surface area contributed by atoms with Crippen molar-refractivity contribution in [3.8, 4) is 0 Å². The maximum absolute atomic E-state index is 13.3. The maximum atomic E-state index is 13.3. The number of nitrogens with one attached hydrogen (secondary N) is 1. The van der Waals surface area contributed by atoms with Gasteiger partial charge in [-0.1, -0.05) is 66.0 Å². The summed E-state index contributed by atoms with van der Waals surface area (Å²) in [7, 11) is 0. The summed E-state index contributed by atoms with van der Waals surface area (Å²) < 4.78 is 0. The van der Waals surface area contributed by atoms with Crippen molar-refractivity contribution in [3.63, 3.8) is 0 Å². The van der Waals surface area contributed by atoms with E-state index in [9.17, 15) is 9.59 Å². The van der Waals surface area contributed by atoms with Crippen molar-refractivity contribution in [2.45, 2.75) is 64.9 Å². The van der Waals surface area contributed by atoms with Gasteiger partial charge in [0.2, 0.25) is 11.8 Å². The Kier molecular flexibility index (Phi) is 9.93. The van der Waals surface area contributed by atoms with E-state index in [-0.39, 0.29) is 29.7 Å². The van der Waals surface area contributed by atoms with Crippen molar-refractivity contribution in [2.24, 2.45) is 0 Å². The Morgan fingerprint density at radius 2 is 1.66 bits per heavy atom. The maximum Gasteiger partial charge on any atom is 0.243 e. The van der Waals surface area contributed by atoms with E-state index in [1.54, 1.807) is 28.8 Å². The van der Waals surface area contributed by atoms with Gasteiger partial charge in [-0.05, 0) is 57.4 Å². The van der Waals surface area contributed by atoms with Crippen LogP contribution in [0.25, 0.3) is 0 Å². The van der Waals surface area contributed by atoms with E-state index in [1.165, 1.54) is 11.1 Å². The molecule has 1 atom stereocenters. The van der Waals surface area contributed by atoms with Crippen LogP contribution in [0.2, 0.25) is 10.0 Å². The molecule has 4 nitrogen and oxygen atoms in total. The van der Waals surface area contributed by atoms with Gasteiger partial charge in [0.25, 0.3) is 0 Å². The summed E-state index contributed by atoms with van der Waals surface area (Å²) in [5, 5.41) is 3.90. The number of nitrogens with zero attached hydrogens (tertiary/aromatic N) is 1. The lowest BCUT2D eigenvalue weighted by Gasteiger charge is -2.33. The molecular weight excluding hydrogens is 463 g/mol. The van der Waals surface area contributed by atoms with Crippen molar-refractivity contribution in [2.75, 3.05) is 5.75 Å². The van der Waals surface area contributed by atoms with Crippen LogP contribution in [0, 0.1) is 6.92 Å². The molecule has 0 bridgehead atoms. The predicted molar refractivity (Wildman–Crippen MR) is 136 cm³/mol. The second-order valence-corrected chi connectivity index (χ2v) is 10.7. The van der Waals surface area contributed by atoms with Crippen LogP contribution >= 0.6 is 35.0 Å². The first-order chi connectivity index (χ1) is 15.0. The molecule has 2 rings (SSSR count). The van der Waals surface area contributed by atoms with Crippen LogP contribution in [0.5, 0.6) is 0 Å². The molecule has 1 N–H and O–H groups in total. The quantitative estimate of drug-likeness (QED) is 0.447. The molecule has 0 aliphatic heterocycles. The molecule has 0 aliphatic carbocycles. The van der Waals surface area contributed by atoms with Gasteiger partial charge in [-0.2, -0.15) is 0 Å². The van der Waals surface area contributed by atoms with E-state index in [0.717, 1.165) is 11.3 Å². The number of carbonyl (C=O) groups excluding carboxylic acids is 2. The van der Waals surface area contributed by atoms with Gasteiger partial charge < -0.3 is 10.2 Å².